The minimum atomic E-state index is -1.19. The number of carboxylic acids is 1. The number of rotatable bonds is 16. The summed E-state index contributed by atoms with van der Waals surface area (Å²) in [5, 5.41) is 10.9. The van der Waals surface area contributed by atoms with Gasteiger partial charge in [0, 0.05) is 115 Å². The summed E-state index contributed by atoms with van der Waals surface area (Å²) >= 11 is 0. The van der Waals surface area contributed by atoms with Crippen LogP contribution in [0.25, 0.3) is 44.1 Å². The van der Waals surface area contributed by atoms with Gasteiger partial charge in [-0.3, -0.25) is 29.3 Å². The van der Waals surface area contributed by atoms with Crippen molar-refractivity contribution in [3.05, 3.63) is 207 Å². The summed E-state index contributed by atoms with van der Waals surface area (Å²) in [5.41, 5.74) is 11.5. The van der Waals surface area contributed by atoms with E-state index in [0.29, 0.717) is 101 Å². The van der Waals surface area contributed by atoms with Crippen LogP contribution in [0.15, 0.2) is 168 Å². The first-order valence-corrected chi connectivity index (χ1v) is 28.8. The number of carbonyl (C=O) groups is 2. The molecule has 20 heteroatoms. The third-order valence-corrected chi connectivity index (χ3v) is 15.3. The van der Waals surface area contributed by atoms with E-state index in [1.807, 2.05) is 95.9 Å². The van der Waals surface area contributed by atoms with Crippen molar-refractivity contribution in [2.24, 2.45) is 0 Å². The summed E-state index contributed by atoms with van der Waals surface area (Å²) in [4.78, 5) is 68.5. The molecule has 0 radical (unpaired) electrons. The van der Waals surface area contributed by atoms with E-state index in [4.69, 9.17) is 43.6 Å². The van der Waals surface area contributed by atoms with E-state index in [9.17, 15) is 24.3 Å². The summed E-state index contributed by atoms with van der Waals surface area (Å²) in [5.74, 6) is 3.65. The second-order valence-corrected chi connectivity index (χ2v) is 21.2. The van der Waals surface area contributed by atoms with Gasteiger partial charge in [-0.25, -0.2) is 9.78 Å². The van der Waals surface area contributed by atoms with Gasteiger partial charge in [-0.15, -0.1) is 0 Å². The van der Waals surface area contributed by atoms with Crippen LogP contribution in [0.2, 0.25) is 0 Å². The lowest BCUT2D eigenvalue weighted by Gasteiger charge is -2.26. The van der Waals surface area contributed by atoms with E-state index >= 15 is 0 Å². The number of aromatic carboxylic acids is 1. The molecule has 10 aromatic rings. The highest BCUT2D eigenvalue weighted by atomic mass is 16.5. The molecule has 0 amide bonds. The number of ether oxygens (including phenoxy) is 8. The van der Waals surface area contributed by atoms with Gasteiger partial charge < -0.3 is 57.9 Å². The number of benzene rings is 4. The fourth-order valence-corrected chi connectivity index (χ4v) is 10.4. The predicted octanol–water partition coefficient (Wildman–Crippen LogP) is 12.2. The first-order valence-electron chi connectivity index (χ1n) is 28.8. The minimum absolute atomic E-state index is 0.0180. The van der Waals surface area contributed by atoms with Crippen molar-refractivity contribution in [3.8, 4) is 68.2 Å². The molecule has 0 aliphatic carbocycles. The van der Waals surface area contributed by atoms with Crippen LogP contribution in [0.5, 0.6) is 46.0 Å². The molecule has 4 aromatic carbocycles. The third-order valence-electron chi connectivity index (χ3n) is 15.3. The number of hydrogen-bond donors (Lipinski definition) is 2. The van der Waals surface area contributed by atoms with E-state index in [2.05, 4.69) is 19.9 Å². The molecule has 0 unspecified atom stereocenters. The summed E-state index contributed by atoms with van der Waals surface area (Å²) in [6.07, 6.45) is 16.5. The zero-order valence-electron chi connectivity index (χ0n) is 50.1. The monoisotopic (exact) mass is 1200 g/mol. The molecular formula is C69H67N7O13. The highest BCUT2D eigenvalue weighted by Crippen LogP contribution is 2.39. The summed E-state index contributed by atoms with van der Waals surface area (Å²) in [6.45, 7) is 6.57. The molecule has 2 aliphatic heterocycles. The lowest BCUT2D eigenvalue weighted by molar-refractivity contribution is 0.0674. The van der Waals surface area contributed by atoms with Crippen LogP contribution in [-0.2, 0) is 15.9 Å². The van der Waals surface area contributed by atoms with Crippen LogP contribution in [0, 0.1) is 13.8 Å². The number of methoxy groups -OCH3 is 4. The number of aryl methyl sites for hydroxylation is 2. The highest BCUT2D eigenvalue weighted by Gasteiger charge is 2.24. The normalized spacial score (nSPS) is 13.3. The molecule has 2 aliphatic rings. The Morgan fingerprint density at radius 1 is 0.528 bits per heavy atom. The fourth-order valence-electron chi connectivity index (χ4n) is 10.4. The van der Waals surface area contributed by atoms with Crippen molar-refractivity contribution in [1.82, 2.24) is 29.1 Å². The Kier molecular flexibility index (Phi) is 19.7. The van der Waals surface area contributed by atoms with Crippen molar-refractivity contribution in [1.29, 1.82) is 0 Å². The van der Waals surface area contributed by atoms with Gasteiger partial charge in [0.05, 0.1) is 63.9 Å². The van der Waals surface area contributed by atoms with Crippen LogP contribution in [0.3, 0.4) is 0 Å². The number of hydrogen-bond acceptors (Lipinski definition) is 17. The molecule has 3 N–H and O–H groups in total. The zero-order valence-corrected chi connectivity index (χ0v) is 50.1. The number of aromatic nitrogens is 6. The van der Waals surface area contributed by atoms with Gasteiger partial charge in [0.2, 0.25) is 5.43 Å². The van der Waals surface area contributed by atoms with Gasteiger partial charge in [0.1, 0.15) is 34.4 Å². The topological polar surface area (TPSA) is 250 Å². The SMILES string of the molecule is COc1cc2nccc(Oc3ccc(CC(=O)c4cn(C5CCOCC5)cc(-c5ccc(C)cc5)c4=O)nc3)c2cc1OC.COc1cc2nccc(Oc3ccc(N)nc3)c2cc1OC.Cc1ccc(-c2cn(C3CCOCC3)cc(C(=O)O)c2=O)cc1. The average molecular weight is 1200 g/mol. The molecule has 12 rings (SSSR count). The molecule has 6 aromatic heterocycles. The van der Waals surface area contributed by atoms with E-state index in [-0.39, 0.29) is 40.8 Å². The van der Waals surface area contributed by atoms with E-state index in [0.717, 1.165) is 64.2 Å². The van der Waals surface area contributed by atoms with Crippen LogP contribution >= 0.6 is 0 Å². The summed E-state index contributed by atoms with van der Waals surface area (Å²) < 4.78 is 48.2. The molecule has 0 atom stereocenters. The number of Topliss-reactive ketones (excluding diaryl/α,β-unsaturated/α-hetero) is 1. The molecule has 2 fully saturated rings. The highest BCUT2D eigenvalue weighted by molar-refractivity contribution is 5.98. The van der Waals surface area contributed by atoms with Gasteiger partial charge in [0.15, 0.2) is 34.2 Å². The Balaban J connectivity index is 0.000000163. The maximum atomic E-state index is 13.7. The Hall–Kier alpha value is -10.4. The minimum Gasteiger partial charge on any atom is -0.493 e. The average Bonchev–Trinajstić information content (AvgIpc) is 1.06. The largest absolute Gasteiger partial charge is 0.493 e. The molecule has 2 saturated heterocycles. The molecule has 0 spiro atoms. The van der Waals surface area contributed by atoms with Crippen molar-refractivity contribution in [2.75, 3.05) is 60.6 Å². The smallest absolute Gasteiger partial charge is 0.341 e. The van der Waals surface area contributed by atoms with Crippen LogP contribution in [0.1, 0.15) is 75.3 Å². The van der Waals surface area contributed by atoms with Crippen molar-refractivity contribution >= 4 is 39.4 Å². The maximum absolute atomic E-state index is 13.7. The van der Waals surface area contributed by atoms with Gasteiger partial charge in [0.25, 0.3) is 0 Å². The second-order valence-electron chi connectivity index (χ2n) is 21.2. The molecular weight excluding hydrogens is 1130 g/mol. The number of carbonyl (C=O) groups excluding carboxylic acids is 1. The van der Waals surface area contributed by atoms with Gasteiger partial charge >= 0.3 is 5.97 Å². The van der Waals surface area contributed by atoms with Crippen LogP contribution < -0.4 is 45.0 Å². The van der Waals surface area contributed by atoms with E-state index < -0.39 is 11.4 Å². The Morgan fingerprint density at radius 3 is 1.37 bits per heavy atom. The number of anilines is 1. The molecule has 89 heavy (non-hydrogen) atoms. The van der Waals surface area contributed by atoms with Crippen molar-refractivity contribution in [2.45, 2.75) is 58.0 Å². The van der Waals surface area contributed by atoms with E-state index in [1.54, 1.807) is 108 Å². The number of ketones is 1. The Labute approximate surface area is 513 Å². The molecule has 0 bridgehead atoms. The molecule has 0 saturated carbocycles. The number of pyridine rings is 6. The molecule has 20 nitrogen and oxygen atoms in total. The number of nitrogen functional groups attached to an aromatic ring is 1. The molecule has 456 valence electrons. The number of nitrogens with zero attached hydrogens (tertiary/aromatic N) is 6. The van der Waals surface area contributed by atoms with Crippen LogP contribution in [0.4, 0.5) is 5.82 Å². The number of fused-ring (bicyclic) bond motifs is 2. The quantitative estimate of drug-likeness (QED) is 0.0853. The van der Waals surface area contributed by atoms with Crippen LogP contribution in [-0.4, -0.2) is 101 Å². The zero-order chi connectivity index (χ0) is 62.6. The summed E-state index contributed by atoms with van der Waals surface area (Å²) in [7, 11) is 6.32. The lowest BCUT2D eigenvalue weighted by atomic mass is 9.99. The predicted molar refractivity (Wildman–Crippen MR) is 338 cm³/mol. The third kappa shape index (κ3) is 14.7. The van der Waals surface area contributed by atoms with Crippen molar-refractivity contribution in [3.63, 3.8) is 0 Å². The van der Waals surface area contributed by atoms with Gasteiger partial charge in [-0.05, 0) is 99.2 Å². The van der Waals surface area contributed by atoms with Gasteiger partial charge in [-0.2, -0.15) is 0 Å². The molecule has 8 heterocycles. The first kappa shape index (κ1) is 61.6. The standard InChI is InChI=1S/C35H33N3O6.C18H19NO4.C16H15N3O3/c1-22-4-6-23(7-5-22)28-20-38(25-11-14-43-15-12-25)21-29(35(28)40)31(39)16-24-8-9-26(19-37-24)44-32-10-13-36-30-18-34(42-3)33(41-2)17-27(30)32;1-12-2-4-13(5-3-12)15-10-19(14-6-8-23-9-7-14)11-16(17(15)20)18(21)22;1-20-14-7-11-12(8-15(14)21-2)18-6-5-13(11)22-10-3-4-16(17)19-9-10/h4-10,13,17-21,25H,11-12,14-16H2,1-3H3;2-5,10-11,14H,6-9H2,1H3,(H,21,22);3-9H,1-2H3,(H2,17,19). The summed E-state index contributed by atoms with van der Waals surface area (Å²) in [6, 6.07) is 33.4. The Morgan fingerprint density at radius 2 is 0.955 bits per heavy atom. The second kappa shape index (κ2) is 28.4. The van der Waals surface area contributed by atoms with E-state index in [1.165, 1.54) is 6.20 Å². The Bertz CT molecular complexity index is 4260. The first-order chi connectivity index (χ1) is 43.2. The van der Waals surface area contributed by atoms with Gasteiger partial charge in [-0.1, -0.05) is 59.7 Å². The maximum Gasteiger partial charge on any atom is 0.341 e. The fraction of sp³-hybridized carbons (Fsp3) is 0.246. The van der Waals surface area contributed by atoms with Crippen molar-refractivity contribution < 1.29 is 52.6 Å². The number of carboxylic acid groups (broad SMARTS) is 1. The number of nitrogens with two attached hydrogens (primary N) is 1. The lowest BCUT2D eigenvalue weighted by Crippen LogP contribution is -2.25.